The molecule has 0 fully saturated rings. The summed E-state index contributed by atoms with van der Waals surface area (Å²) in [6.45, 7) is 0.120. The normalized spacial score (nSPS) is 25.5. The molecular weight excluding hydrogens is 370 g/mol. The molecule has 9 heteroatoms. The molecule has 2 rings (SSSR count). The van der Waals surface area contributed by atoms with Crippen LogP contribution in [-0.4, -0.2) is 58.5 Å². The highest BCUT2D eigenvalue weighted by molar-refractivity contribution is 7.59. The molecular formula is C15H27NO5S3. The Morgan fingerprint density at radius 3 is 2.08 bits per heavy atom. The Morgan fingerprint density at radius 1 is 1.00 bits per heavy atom. The van der Waals surface area contributed by atoms with Gasteiger partial charge in [0.05, 0.1) is 19.8 Å². The Bertz CT molecular complexity index is 500. The van der Waals surface area contributed by atoms with E-state index >= 15 is 0 Å². The quantitative estimate of drug-likeness (QED) is 0.430. The van der Waals surface area contributed by atoms with Crippen LogP contribution in [0.4, 0.5) is 0 Å². The van der Waals surface area contributed by atoms with Gasteiger partial charge >= 0.3 is 0 Å². The number of hydrogen-bond donors (Lipinski definition) is 5. The van der Waals surface area contributed by atoms with E-state index in [-0.39, 0.29) is 47.1 Å². The number of aliphatic hydroxyl groups excluding tert-OH is 4. The second-order valence-electron chi connectivity index (χ2n) is 5.08. The SMILES string of the molecule is COc1ccc(CN[C@H]2C=C(CO)[C@@H](O)C(O)[C@H]2O)cc1.S.S.S. The highest BCUT2D eigenvalue weighted by atomic mass is 32.1. The molecule has 140 valence electrons. The molecule has 6 nitrogen and oxygen atoms in total. The number of aliphatic hydroxyl groups is 4. The summed E-state index contributed by atoms with van der Waals surface area (Å²) in [4.78, 5) is 0. The zero-order valence-corrected chi connectivity index (χ0v) is 16.3. The van der Waals surface area contributed by atoms with Gasteiger partial charge in [0.25, 0.3) is 0 Å². The van der Waals surface area contributed by atoms with Crippen LogP contribution in [0, 0.1) is 0 Å². The molecule has 24 heavy (non-hydrogen) atoms. The smallest absolute Gasteiger partial charge is 0.118 e. The lowest BCUT2D eigenvalue weighted by Gasteiger charge is -2.34. The van der Waals surface area contributed by atoms with Gasteiger partial charge < -0.3 is 30.5 Å². The van der Waals surface area contributed by atoms with E-state index in [0.717, 1.165) is 11.3 Å². The first kappa shape index (κ1) is 25.8. The predicted octanol–water partition coefficient (Wildman–Crippen LogP) is -0.493. The van der Waals surface area contributed by atoms with Crippen molar-refractivity contribution in [3.05, 3.63) is 41.5 Å². The van der Waals surface area contributed by atoms with E-state index in [4.69, 9.17) is 9.84 Å². The topological polar surface area (TPSA) is 102 Å². The minimum absolute atomic E-state index is 0. The molecule has 0 heterocycles. The fourth-order valence-corrected chi connectivity index (χ4v) is 2.35. The zero-order valence-electron chi connectivity index (χ0n) is 13.3. The lowest BCUT2D eigenvalue weighted by Crippen LogP contribution is -2.53. The average molecular weight is 398 g/mol. The molecule has 0 aromatic heterocycles. The van der Waals surface area contributed by atoms with Crippen LogP contribution in [0.3, 0.4) is 0 Å². The van der Waals surface area contributed by atoms with Crippen LogP contribution in [0.1, 0.15) is 5.56 Å². The second kappa shape index (κ2) is 12.0. The van der Waals surface area contributed by atoms with Crippen LogP contribution in [0.15, 0.2) is 35.9 Å². The molecule has 0 bridgehead atoms. The highest BCUT2D eigenvalue weighted by Crippen LogP contribution is 2.20. The summed E-state index contributed by atoms with van der Waals surface area (Å²) >= 11 is 0. The maximum atomic E-state index is 9.96. The predicted molar refractivity (Wildman–Crippen MR) is 108 cm³/mol. The van der Waals surface area contributed by atoms with Crippen molar-refractivity contribution in [1.29, 1.82) is 0 Å². The molecule has 0 spiro atoms. The summed E-state index contributed by atoms with van der Waals surface area (Å²) in [6, 6.07) is 6.92. The first-order valence-corrected chi connectivity index (χ1v) is 6.78. The molecule has 0 aliphatic heterocycles. The van der Waals surface area contributed by atoms with Gasteiger partial charge in [-0.05, 0) is 23.3 Å². The van der Waals surface area contributed by atoms with Crippen LogP contribution in [-0.2, 0) is 6.54 Å². The van der Waals surface area contributed by atoms with Crippen molar-refractivity contribution in [2.24, 2.45) is 0 Å². The van der Waals surface area contributed by atoms with Crippen LogP contribution < -0.4 is 10.1 Å². The van der Waals surface area contributed by atoms with Crippen LogP contribution in [0.5, 0.6) is 5.75 Å². The first-order valence-electron chi connectivity index (χ1n) is 6.78. The van der Waals surface area contributed by atoms with Crippen LogP contribution in [0.25, 0.3) is 0 Å². The van der Waals surface area contributed by atoms with E-state index in [1.54, 1.807) is 13.2 Å². The lowest BCUT2D eigenvalue weighted by atomic mass is 9.88. The largest absolute Gasteiger partial charge is 0.497 e. The first-order chi connectivity index (χ1) is 10.1. The summed E-state index contributed by atoms with van der Waals surface area (Å²) in [5.41, 5.74) is 1.29. The van der Waals surface area contributed by atoms with E-state index in [9.17, 15) is 15.3 Å². The number of hydrogen-bond acceptors (Lipinski definition) is 6. The molecule has 4 atom stereocenters. The lowest BCUT2D eigenvalue weighted by molar-refractivity contribution is -0.0643. The van der Waals surface area contributed by atoms with Gasteiger partial charge in [-0.25, -0.2) is 0 Å². The molecule has 1 aromatic rings. The Hall–Kier alpha value is -0.390. The summed E-state index contributed by atoms with van der Waals surface area (Å²) in [5.74, 6) is 0.762. The third-order valence-electron chi connectivity index (χ3n) is 3.70. The Kier molecular flexibility index (Phi) is 13.0. The summed E-state index contributed by atoms with van der Waals surface area (Å²) < 4.78 is 5.08. The Labute approximate surface area is 162 Å². The monoisotopic (exact) mass is 397 g/mol. The van der Waals surface area contributed by atoms with Gasteiger partial charge in [-0.1, -0.05) is 18.2 Å². The van der Waals surface area contributed by atoms with Gasteiger partial charge in [-0.15, -0.1) is 0 Å². The fraction of sp³-hybridized carbons (Fsp3) is 0.467. The molecule has 0 saturated carbocycles. The zero-order chi connectivity index (χ0) is 15.4. The highest BCUT2D eigenvalue weighted by Gasteiger charge is 2.36. The molecule has 0 radical (unpaired) electrons. The summed E-state index contributed by atoms with van der Waals surface area (Å²) in [5, 5.41) is 41.7. The van der Waals surface area contributed by atoms with Crippen molar-refractivity contribution in [3.8, 4) is 5.75 Å². The number of ether oxygens (including phenoxy) is 1. The molecule has 1 aliphatic carbocycles. The van der Waals surface area contributed by atoms with E-state index in [1.165, 1.54) is 0 Å². The number of rotatable bonds is 5. The van der Waals surface area contributed by atoms with Crippen molar-refractivity contribution in [2.45, 2.75) is 30.9 Å². The Morgan fingerprint density at radius 2 is 1.58 bits per heavy atom. The van der Waals surface area contributed by atoms with Gasteiger partial charge in [0.1, 0.15) is 24.1 Å². The van der Waals surface area contributed by atoms with E-state index in [0.29, 0.717) is 12.1 Å². The van der Waals surface area contributed by atoms with Gasteiger partial charge in [0, 0.05) is 6.54 Å². The minimum Gasteiger partial charge on any atom is -0.497 e. The summed E-state index contributed by atoms with van der Waals surface area (Å²) in [6.07, 6.45) is -2.12. The standard InChI is InChI=1S/C15H21NO5.3H2S/c1-21-11-4-2-9(3-5-11)7-16-12-6-10(8-17)13(18)15(20)14(12)19;;;/h2-6,12-20H,7-8H2,1H3;3*1H2/t12-,13+,14-,15?;;;/m0.../s1. The third-order valence-corrected chi connectivity index (χ3v) is 3.70. The van der Waals surface area contributed by atoms with E-state index < -0.39 is 24.4 Å². The summed E-state index contributed by atoms with van der Waals surface area (Å²) in [7, 11) is 1.60. The van der Waals surface area contributed by atoms with Gasteiger partial charge in [0.15, 0.2) is 0 Å². The van der Waals surface area contributed by atoms with Crippen molar-refractivity contribution in [1.82, 2.24) is 5.32 Å². The third kappa shape index (κ3) is 6.16. The van der Waals surface area contributed by atoms with Gasteiger partial charge in [-0.3, -0.25) is 0 Å². The number of benzene rings is 1. The maximum Gasteiger partial charge on any atom is 0.118 e. The second-order valence-corrected chi connectivity index (χ2v) is 5.08. The van der Waals surface area contributed by atoms with Crippen LogP contribution >= 0.6 is 40.5 Å². The number of methoxy groups -OCH3 is 1. The fourth-order valence-electron chi connectivity index (χ4n) is 2.35. The molecule has 0 amide bonds. The minimum atomic E-state index is -1.31. The molecule has 1 unspecified atom stereocenters. The van der Waals surface area contributed by atoms with Crippen molar-refractivity contribution in [3.63, 3.8) is 0 Å². The average Bonchev–Trinajstić information content (AvgIpc) is 2.52. The Balaban J connectivity index is 0. The van der Waals surface area contributed by atoms with Crippen molar-refractivity contribution >= 4 is 40.5 Å². The maximum absolute atomic E-state index is 9.96. The molecule has 5 N–H and O–H groups in total. The van der Waals surface area contributed by atoms with Crippen LogP contribution in [0.2, 0.25) is 0 Å². The molecule has 0 saturated heterocycles. The molecule has 1 aromatic carbocycles. The molecule has 1 aliphatic rings. The van der Waals surface area contributed by atoms with E-state index in [2.05, 4.69) is 5.32 Å². The van der Waals surface area contributed by atoms with Gasteiger partial charge in [-0.2, -0.15) is 40.5 Å². The van der Waals surface area contributed by atoms with E-state index in [1.807, 2.05) is 24.3 Å². The number of nitrogens with one attached hydrogen (secondary N) is 1. The van der Waals surface area contributed by atoms with Crippen molar-refractivity contribution < 1.29 is 25.2 Å². The van der Waals surface area contributed by atoms with Gasteiger partial charge in [0.2, 0.25) is 0 Å². The van der Waals surface area contributed by atoms with Crippen molar-refractivity contribution in [2.75, 3.05) is 13.7 Å².